The first kappa shape index (κ1) is 12.0. The summed E-state index contributed by atoms with van der Waals surface area (Å²) in [6.07, 6.45) is 0.832. The Bertz CT molecular complexity index is 369. The minimum absolute atomic E-state index is 0.100. The van der Waals surface area contributed by atoms with Crippen molar-refractivity contribution >= 4 is 16.8 Å². The third-order valence-corrected chi connectivity index (χ3v) is 3.98. The van der Waals surface area contributed by atoms with Crippen molar-refractivity contribution in [1.29, 1.82) is 0 Å². The van der Waals surface area contributed by atoms with E-state index >= 15 is 0 Å². The molecule has 0 aliphatic heterocycles. The lowest BCUT2D eigenvalue weighted by molar-refractivity contribution is 0.0661. The zero-order valence-corrected chi connectivity index (χ0v) is 9.54. The molecule has 5 heteroatoms. The number of rotatable bonds is 5. The highest BCUT2D eigenvalue weighted by molar-refractivity contribution is 7.84. The fourth-order valence-corrected chi connectivity index (χ4v) is 2.13. The first-order valence-electron chi connectivity index (χ1n) is 4.73. The third kappa shape index (κ3) is 3.20. The largest absolute Gasteiger partial charge is 0.475 e. The lowest BCUT2D eigenvalue weighted by Crippen LogP contribution is -2.10. The monoisotopic (exact) mass is 230 g/mol. The van der Waals surface area contributed by atoms with E-state index in [-0.39, 0.29) is 16.8 Å². The van der Waals surface area contributed by atoms with E-state index in [0.717, 1.165) is 6.42 Å². The summed E-state index contributed by atoms with van der Waals surface area (Å²) in [5.41, 5.74) is 0. The SMILES string of the molecule is CCC(C)S(=O)Cc1ccc(C(=O)O)o1. The van der Waals surface area contributed by atoms with Crippen molar-refractivity contribution in [2.45, 2.75) is 31.3 Å². The summed E-state index contributed by atoms with van der Waals surface area (Å²) < 4.78 is 16.6. The van der Waals surface area contributed by atoms with E-state index in [1.54, 1.807) is 6.07 Å². The first-order chi connectivity index (χ1) is 7.04. The fourth-order valence-electron chi connectivity index (χ4n) is 1.04. The van der Waals surface area contributed by atoms with E-state index in [0.29, 0.717) is 5.76 Å². The van der Waals surface area contributed by atoms with Crippen LogP contribution in [0, 0.1) is 0 Å². The molecule has 0 aliphatic rings. The summed E-state index contributed by atoms with van der Waals surface area (Å²) in [4.78, 5) is 10.5. The molecule has 1 aromatic rings. The van der Waals surface area contributed by atoms with Gasteiger partial charge in [-0.25, -0.2) is 4.79 Å². The maximum Gasteiger partial charge on any atom is 0.371 e. The summed E-state index contributed by atoms with van der Waals surface area (Å²) in [5, 5.41) is 8.72. The van der Waals surface area contributed by atoms with E-state index in [1.807, 2.05) is 13.8 Å². The Labute approximate surface area is 90.7 Å². The molecule has 84 valence electrons. The second-order valence-electron chi connectivity index (χ2n) is 3.32. The van der Waals surface area contributed by atoms with Gasteiger partial charge in [0.1, 0.15) is 5.76 Å². The van der Waals surface area contributed by atoms with Crippen molar-refractivity contribution < 1.29 is 18.5 Å². The summed E-state index contributed by atoms with van der Waals surface area (Å²) in [6.45, 7) is 3.87. The first-order valence-corrected chi connectivity index (χ1v) is 6.12. The zero-order valence-electron chi connectivity index (χ0n) is 8.73. The summed E-state index contributed by atoms with van der Waals surface area (Å²) in [6, 6.07) is 2.94. The normalized spacial score (nSPS) is 14.8. The van der Waals surface area contributed by atoms with Crippen molar-refractivity contribution in [3.8, 4) is 0 Å². The van der Waals surface area contributed by atoms with Crippen LogP contribution in [0.1, 0.15) is 36.6 Å². The molecule has 0 saturated carbocycles. The summed E-state index contributed by atoms with van der Waals surface area (Å²) in [5.74, 6) is -0.463. The standard InChI is InChI=1S/C10H14O4S/c1-3-7(2)15(13)6-8-4-5-9(14-8)10(11)12/h4-5,7H,3,6H2,1-2H3,(H,11,12). The van der Waals surface area contributed by atoms with E-state index in [4.69, 9.17) is 9.52 Å². The molecule has 2 atom stereocenters. The molecule has 0 radical (unpaired) electrons. The maximum absolute atomic E-state index is 11.6. The Kier molecular flexibility index (Phi) is 4.08. The second kappa shape index (κ2) is 5.11. The predicted molar refractivity (Wildman–Crippen MR) is 57.3 cm³/mol. The smallest absolute Gasteiger partial charge is 0.371 e. The highest BCUT2D eigenvalue weighted by Gasteiger charge is 2.14. The number of carboxylic acid groups (broad SMARTS) is 1. The van der Waals surface area contributed by atoms with E-state index in [9.17, 15) is 9.00 Å². The average Bonchev–Trinajstić information content (AvgIpc) is 2.65. The van der Waals surface area contributed by atoms with Crippen LogP contribution in [0.3, 0.4) is 0 Å². The van der Waals surface area contributed by atoms with E-state index in [1.165, 1.54) is 6.07 Å². The van der Waals surface area contributed by atoms with Gasteiger partial charge in [0.2, 0.25) is 5.76 Å². The highest BCUT2D eigenvalue weighted by atomic mass is 32.2. The molecule has 0 spiro atoms. The van der Waals surface area contributed by atoms with Gasteiger partial charge < -0.3 is 9.52 Å². The van der Waals surface area contributed by atoms with Gasteiger partial charge in [-0.3, -0.25) is 4.21 Å². The molecule has 4 nitrogen and oxygen atoms in total. The molecule has 0 amide bonds. The fraction of sp³-hybridized carbons (Fsp3) is 0.500. The van der Waals surface area contributed by atoms with Crippen LogP contribution >= 0.6 is 0 Å². The second-order valence-corrected chi connectivity index (χ2v) is 5.17. The number of carboxylic acids is 1. The van der Waals surface area contributed by atoms with Crippen molar-refractivity contribution in [2.24, 2.45) is 0 Å². The number of hydrogen-bond acceptors (Lipinski definition) is 3. The zero-order chi connectivity index (χ0) is 11.4. The van der Waals surface area contributed by atoms with Gasteiger partial charge in [0, 0.05) is 16.0 Å². The molecule has 15 heavy (non-hydrogen) atoms. The van der Waals surface area contributed by atoms with Gasteiger partial charge >= 0.3 is 5.97 Å². The Morgan fingerprint density at radius 2 is 2.27 bits per heavy atom. The van der Waals surface area contributed by atoms with Gasteiger partial charge in [-0.15, -0.1) is 0 Å². The average molecular weight is 230 g/mol. The van der Waals surface area contributed by atoms with E-state index < -0.39 is 16.8 Å². The van der Waals surface area contributed by atoms with Crippen LogP contribution in [0.25, 0.3) is 0 Å². The maximum atomic E-state index is 11.6. The van der Waals surface area contributed by atoms with Crippen molar-refractivity contribution in [3.63, 3.8) is 0 Å². The summed E-state index contributed by atoms with van der Waals surface area (Å²) in [7, 11) is -1.00. The summed E-state index contributed by atoms with van der Waals surface area (Å²) >= 11 is 0. The molecule has 0 aliphatic carbocycles. The molecule has 1 heterocycles. The molecule has 1 rings (SSSR count). The van der Waals surface area contributed by atoms with Crippen LogP contribution < -0.4 is 0 Å². The number of hydrogen-bond donors (Lipinski definition) is 1. The quantitative estimate of drug-likeness (QED) is 0.840. The molecule has 2 unspecified atom stereocenters. The van der Waals surface area contributed by atoms with Crippen LogP contribution in [0.2, 0.25) is 0 Å². The highest BCUT2D eigenvalue weighted by Crippen LogP contribution is 2.13. The lowest BCUT2D eigenvalue weighted by Gasteiger charge is -2.06. The molecule has 0 aromatic carbocycles. The Morgan fingerprint density at radius 1 is 1.60 bits per heavy atom. The van der Waals surface area contributed by atoms with Gasteiger partial charge in [0.05, 0.1) is 5.75 Å². The van der Waals surface area contributed by atoms with Crippen LogP contribution in [0.5, 0.6) is 0 Å². The van der Waals surface area contributed by atoms with Crippen LogP contribution in [-0.4, -0.2) is 20.5 Å². The molecule has 1 aromatic heterocycles. The molecule has 0 fully saturated rings. The van der Waals surface area contributed by atoms with Gasteiger partial charge in [-0.05, 0) is 18.6 Å². The van der Waals surface area contributed by atoms with Gasteiger partial charge in [-0.2, -0.15) is 0 Å². The molecule has 0 bridgehead atoms. The van der Waals surface area contributed by atoms with Gasteiger partial charge in [0.25, 0.3) is 0 Å². The van der Waals surface area contributed by atoms with Crippen molar-refractivity contribution in [3.05, 3.63) is 23.7 Å². The Morgan fingerprint density at radius 3 is 2.73 bits per heavy atom. The molecular formula is C10H14O4S. The number of furan rings is 1. The molecule has 1 N–H and O–H groups in total. The molecular weight excluding hydrogens is 216 g/mol. The van der Waals surface area contributed by atoms with Crippen LogP contribution in [-0.2, 0) is 16.6 Å². The van der Waals surface area contributed by atoms with Crippen LogP contribution in [0.15, 0.2) is 16.5 Å². The predicted octanol–water partition coefficient (Wildman–Crippen LogP) is 2.02. The molecule has 0 saturated heterocycles. The third-order valence-electron chi connectivity index (χ3n) is 2.18. The minimum atomic E-state index is -1.10. The van der Waals surface area contributed by atoms with Crippen molar-refractivity contribution in [2.75, 3.05) is 0 Å². The Hall–Kier alpha value is -1.10. The Balaban J connectivity index is 2.65. The topological polar surface area (TPSA) is 67.5 Å². The lowest BCUT2D eigenvalue weighted by atomic mass is 10.4. The minimum Gasteiger partial charge on any atom is -0.475 e. The van der Waals surface area contributed by atoms with Gasteiger partial charge in [-0.1, -0.05) is 13.8 Å². The number of carbonyl (C=O) groups is 1. The van der Waals surface area contributed by atoms with E-state index in [2.05, 4.69) is 0 Å². The van der Waals surface area contributed by atoms with Crippen LogP contribution in [0.4, 0.5) is 0 Å². The van der Waals surface area contributed by atoms with Gasteiger partial charge in [0.15, 0.2) is 0 Å². The number of aromatic carboxylic acids is 1. The van der Waals surface area contributed by atoms with Crippen molar-refractivity contribution in [1.82, 2.24) is 0 Å².